The molecule has 10 heteroatoms. The van der Waals surface area contributed by atoms with Crippen molar-refractivity contribution in [3.05, 3.63) is 95.3 Å². The molecule has 2 amide bonds. The van der Waals surface area contributed by atoms with Crippen LogP contribution in [0.25, 0.3) is 11.1 Å². The number of amides is 2. The minimum Gasteiger partial charge on any atom is -0.490 e. The number of ether oxygens (including phenoxy) is 3. The molecule has 46 heavy (non-hydrogen) atoms. The molecule has 0 saturated carbocycles. The van der Waals surface area contributed by atoms with Gasteiger partial charge in [-0.05, 0) is 85.7 Å². The van der Waals surface area contributed by atoms with Crippen molar-refractivity contribution in [2.45, 2.75) is 53.0 Å². The van der Waals surface area contributed by atoms with Crippen LogP contribution in [0.4, 0.5) is 16.2 Å². The van der Waals surface area contributed by atoms with Crippen LogP contribution in [0.1, 0.15) is 48.4 Å². The zero-order valence-corrected chi connectivity index (χ0v) is 26.6. The highest BCUT2D eigenvalue weighted by Gasteiger charge is 2.26. The molecule has 0 bridgehead atoms. The van der Waals surface area contributed by atoms with Crippen molar-refractivity contribution in [3.8, 4) is 16.9 Å². The van der Waals surface area contributed by atoms with E-state index < -0.39 is 0 Å². The predicted molar refractivity (Wildman–Crippen MR) is 176 cm³/mol. The first-order valence-corrected chi connectivity index (χ1v) is 15.6. The molecule has 3 aromatic carbocycles. The lowest BCUT2D eigenvalue weighted by molar-refractivity contribution is -0.144. The summed E-state index contributed by atoms with van der Waals surface area (Å²) >= 11 is 0. The monoisotopic (exact) mass is 624 g/mol. The molecule has 1 aliphatic rings. The molecule has 1 N–H and O–H groups in total. The molecule has 0 fully saturated rings. The third-order valence-corrected chi connectivity index (χ3v) is 7.95. The van der Waals surface area contributed by atoms with Gasteiger partial charge in [-0.15, -0.1) is 0 Å². The zero-order chi connectivity index (χ0) is 32.5. The minimum absolute atomic E-state index is 0.0424. The number of nitrogens with one attached hydrogen (secondary N) is 1. The first-order valence-electron chi connectivity index (χ1n) is 15.6. The molecule has 2 heterocycles. The highest BCUT2D eigenvalue weighted by atomic mass is 16.6. The van der Waals surface area contributed by atoms with Crippen LogP contribution in [0, 0.1) is 13.8 Å². The highest BCUT2D eigenvalue weighted by molar-refractivity contribution is 5.93. The Morgan fingerprint density at radius 2 is 1.78 bits per heavy atom. The van der Waals surface area contributed by atoms with E-state index in [0.29, 0.717) is 25.4 Å². The summed E-state index contributed by atoms with van der Waals surface area (Å²) in [6.45, 7) is 7.61. The van der Waals surface area contributed by atoms with Crippen molar-refractivity contribution in [2.75, 3.05) is 36.6 Å². The fraction of sp³-hybridized carbons (Fsp3) is 0.333. The van der Waals surface area contributed by atoms with Crippen molar-refractivity contribution >= 4 is 29.3 Å². The normalized spacial score (nSPS) is 12.3. The van der Waals surface area contributed by atoms with E-state index in [0.717, 1.165) is 57.7 Å². The van der Waals surface area contributed by atoms with Crippen LogP contribution in [0.2, 0.25) is 0 Å². The summed E-state index contributed by atoms with van der Waals surface area (Å²) in [5.74, 6) is 0.166. The Balaban J connectivity index is 1.20. The Labute approximate surface area is 269 Å². The van der Waals surface area contributed by atoms with E-state index in [1.165, 1.54) is 0 Å². The third-order valence-electron chi connectivity index (χ3n) is 7.95. The maximum Gasteiger partial charge on any atom is 0.414 e. The summed E-state index contributed by atoms with van der Waals surface area (Å²) in [4.78, 5) is 38.7. The van der Waals surface area contributed by atoms with Crippen molar-refractivity contribution in [1.82, 2.24) is 9.78 Å². The highest BCUT2D eigenvalue weighted by Crippen LogP contribution is 2.35. The molecule has 1 aliphatic heterocycles. The quantitative estimate of drug-likeness (QED) is 0.142. The fourth-order valence-electron chi connectivity index (χ4n) is 5.52. The van der Waals surface area contributed by atoms with E-state index in [9.17, 15) is 14.4 Å². The van der Waals surface area contributed by atoms with Gasteiger partial charge in [-0.3, -0.25) is 19.2 Å². The summed E-state index contributed by atoms with van der Waals surface area (Å²) in [6, 6.07) is 19.4. The van der Waals surface area contributed by atoms with Gasteiger partial charge < -0.3 is 19.5 Å². The van der Waals surface area contributed by atoms with Crippen LogP contribution in [-0.4, -0.2) is 54.1 Å². The van der Waals surface area contributed by atoms with Crippen molar-refractivity contribution in [2.24, 2.45) is 0 Å². The molecule has 5 rings (SSSR count). The molecule has 4 aromatic rings. The topological polar surface area (TPSA) is 112 Å². The molecule has 1 aromatic heterocycles. The van der Waals surface area contributed by atoms with Crippen molar-refractivity contribution in [3.63, 3.8) is 0 Å². The lowest BCUT2D eigenvalue weighted by Gasteiger charge is -2.30. The Hall–Kier alpha value is -5.12. The van der Waals surface area contributed by atoms with Gasteiger partial charge in [0.05, 0.1) is 31.5 Å². The lowest BCUT2D eigenvalue weighted by Crippen LogP contribution is -2.36. The number of rotatable bonds is 12. The van der Waals surface area contributed by atoms with E-state index >= 15 is 0 Å². The summed E-state index contributed by atoms with van der Waals surface area (Å²) < 4.78 is 18.2. The molecule has 0 aliphatic carbocycles. The largest absolute Gasteiger partial charge is 0.490 e. The van der Waals surface area contributed by atoms with E-state index in [2.05, 4.69) is 16.5 Å². The number of fused-ring (bicyclic) bond motifs is 1. The average molecular weight is 625 g/mol. The van der Waals surface area contributed by atoms with E-state index in [-0.39, 0.29) is 44.0 Å². The van der Waals surface area contributed by atoms with Gasteiger partial charge in [-0.2, -0.15) is 5.10 Å². The minimum atomic E-state index is -0.386. The number of nitrogens with zero attached hydrogens (tertiary/aromatic N) is 3. The van der Waals surface area contributed by atoms with Crippen molar-refractivity contribution in [1.29, 1.82) is 0 Å². The number of aromatic nitrogens is 2. The fourth-order valence-corrected chi connectivity index (χ4v) is 5.52. The first-order chi connectivity index (χ1) is 22.3. The van der Waals surface area contributed by atoms with Crippen LogP contribution in [0.15, 0.2) is 73.1 Å². The molecular weight excluding hydrogens is 584 g/mol. The second-order valence-corrected chi connectivity index (χ2v) is 11.2. The number of esters is 1. The average Bonchev–Trinajstić information content (AvgIpc) is 3.51. The number of carbonyl (C=O) groups excluding carboxylic acids is 3. The molecule has 0 saturated heterocycles. The Morgan fingerprint density at radius 3 is 2.63 bits per heavy atom. The summed E-state index contributed by atoms with van der Waals surface area (Å²) in [5, 5.41) is 7.44. The van der Waals surface area contributed by atoms with Gasteiger partial charge in [0.15, 0.2) is 0 Å². The SMILES string of the molecule is CCOC(=O)CCC(=O)Nc1cccc(Cn2cc(-c3cccc4c3CCCN4C(=O)OCCOc3cccc(C)c3C)cn2)c1. The van der Waals surface area contributed by atoms with E-state index in [4.69, 9.17) is 14.2 Å². The smallest absolute Gasteiger partial charge is 0.414 e. The summed E-state index contributed by atoms with van der Waals surface area (Å²) in [6.07, 6.45) is 5.20. The number of benzene rings is 3. The van der Waals surface area contributed by atoms with Crippen LogP contribution in [-0.2, 0) is 32.0 Å². The van der Waals surface area contributed by atoms with Gasteiger partial charge in [-0.25, -0.2) is 4.79 Å². The van der Waals surface area contributed by atoms with Gasteiger partial charge >= 0.3 is 12.1 Å². The molecular formula is C36H40N4O6. The summed E-state index contributed by atoms with van der Waals surface area (Å²) in [5.41, 5.74) is 7.77. The maximum atomic E-state index is 13.1. The van der Waals surface area contributed by atoms with Crippen LogP contribution >= 0.6 is 0 Å². The number of carbonyl (C=O) groups is 3. The molecule has 0 radical (unpaired) electrons. The molecule has 10 nitrogen and oxygen atoms in total. The Kier molecular flexibility index (Phi) is 10.7. The van der Waals surface area contributed by atoms with E-state index in [1.807, 2.05) is 85.5 Å². The number of hydrogen-bond acceptors (Lipinski definition) is 7. The first kappa shape index (κ1) is 32.3. The summed E-state index contributed by atoms with van der Waals surface area (Å²) in [7, 11) is 0. The number of aryl methyl sites for hydroxylation is 1. The predicted octanol–water partition coefficient (Wildman–Crippen LogP) is 6.47. The van der Waals surface area contributed by atoms with Crippen molar-refractivity contribution < 1.29 is 28.6 Å². The molecule has 0 spiro atoms. The van der Waals surface area contributed by atoms with Gasteiger partial charge in [-0.1, -0.05) is 36.4 Å². The molecule has 0 atom stereocenters. The van der Waals surface area contributed by atoms with Gasteiger partial charge in [0.25, 0.3) is 0 Å². The van der Waals surface area contributed by atoms with Crippen LogP contribution in [0.3, 0.4) is 0 Å². The van der Waals surface area contributed by atoms with Gasteiger partial charge in [0, 0.05) is 30.4 Å². The standard InChI is InChI=1S/C36H40N4O6/c1-4-44-35(42)17-16-34(41)38-29-11-6-10-27(21-29)23-39-24-28(22-37-39)30-12-7-14-32-31(30)13-8-18-40(32)36(43)46-20-19-45-33-15-5-9-25(2)26(33)3/h5-7,9-12,14-15,21-22,24H,4,8,13,16-20,23H2,1-3H3,(H,38,41). The van der Waals surface area contributed by atoms with Crippen LogP contribution in [0.5, 0.6) is 5.75 Å². The Bertz CT molecular complexity index is 1700. The zero-order valence-electron chi connectivity index (χ0n) is 26.6. The number of hydrogen-bond donors (Lipinski definition) is 1. The molecule has 0 unspecified atom stereocenters. The van der Waals surface area contributed by atoms with Gasteiger partial charge in [0.2, 0.25) is 5.91 Å². The van der Waals surface area contributed by atoms with Gasteiger partial charge in [0.1, 0.15) is 19.0 Å². The lowest BCUT2D eigenvalue weighted by atomic mass is 9.93. The maximum absolute atomic E-state index is 13.1. The van der Waals surface area contributed by atoms with E-state index in [1.54, 1.807) is 11.8 Å². The molecule has 240 valence electrons. The third kappa shape index (κ3) is 8.12. The van der Waals surface area contributed by atoms with Crippen LogP contribution < -0.4 is 15.0 Å². The second kappa shape index (κ2) is 15.2. The second-order valence-electron chi connectivity index (χ2n) is 11.2. The Morgan fingerprint density at radius 1 is 0.957 bits per heavy atom. The number of anilines is 2.